The molecule has 2 aromatic heterocycles. The van der Waals surface area contributed by atoms with E-state index in [1.54, 1.807) is 25.5 Å². The van der Waals surface area contributed by atoms with Crippen molar-refractivity contribution in [1.29, 1.82) is 0 Å². The zero-order valence-corrected chi connectivity index (χ0v) is 7.19. The molecular weight excluding hydrogens is 166 g/mol. The van der Waals surface area contributed by atoms with Crippen LogP contribution in [0.25, 0.3) is 5.65 Å². The highest BCUT2D eigenvalue weighted by atomic mass is 16.1. The smallest absolute Gasteiger partial charge is 0.252 e. The minimum Gasteiger partial charge on any atom is -0.355 e. The summed E-state index contributed by atoms with van der Waals surface area (Å²) < 4.78 is 1.81. The predicted molar refractivity (Wildman–Crippen MR) is 48.6 cm³/mol. The van der Waals surface area contributed by atoms with E-state index in [1.165, 1.54) is 0 Å². The lowest BCUT2D eigenvalue weighted by molar-refractivity contribution is 0.0962. The van der Waals surface area contributed by atoms with E-state index in [9.17, 15) is 4.79 Å². The molecule has 0 radical (unpaired) electrons. The van der Waals surface area contributed by atoms with Gasteiger partial charge in [0.2, 0.25) is 0 Å². The Bertz CT molecular complexity index is 447. The third-order valence-electron chi connectivity index (χ3n) is 1.88. The highest BCUT2D eigenvalue weighted by molar-refractivity contribution is 5.93. The molecule has 0 aliphatic heterocycles. The normalized spacial score (nSPS) is 10.2. The summed E-state index contributed by atoms with van der Waals surface area (Å²) in [6, 6.07) is 3.56. The summed E-state index contributed by atoms with van der Waals surface area (Å²) in [7, 11) is 1.61. The molecule has 0 saturated carbocycles. The topological polar surface area (TPSA) is 46.4 Å². The standard InChI is InChI=1S/C9H9N3O/c1-10-9(13)7-2-3-8-11-4-5-12(8)6-7/h2-6H,1H3,(H,10,13). The summed E-state index contributed by atoms with van der Waals surface area (Å²) in [6.07, 6.45) is 5.26. The molecule has 0 aliphatic rings. The van der Waals surface area contributed by atoms with E-state index in [0.717, 1.165) is 5.65 Å². The van der Waals surface area contributed by atoms with Crippen LogP contribution in [-0.2, 0) is 0 Å². The lowest BCUT2D eigenvalue weighted by atomic mass is 10.2. The fraction of sp³-hybridized carbons (Fsp3) is 0.111. The van der Waals surface area contributed by atoms with Gasteiger partial charge < -0.3 is 9.72 Å². The minimum atomic E-state index is -0.0874. The van der Waals surface area contributed by atoms with Gasteiger partial charge in [-0.3, -0.25) is 4.79 Å². The van der Waals surface area contributed by atoms with Crippen molar-refractivity contribution in [3.05, 3.63) is 36.3 Å². The number of fused-ring (bicyclic) bond motifs is 1. The van der Waals surface area contributed by atoms with Crippen LogP contribution in [0.1, 0.15) is 10.4 Å². The molecule has 2 rings (SSSR count). The lowest BCUT2D eigenvalue weighted by Crippen LogP contribution is -2.18. The largest absolute Gasteiger partial charge is 0.355 e. The molecule has 1 amide bonds. The first-order valence-corrected chi connectivity index (χ1v) is 3.96. The second kappa shape index (κ2) is 2.90. The average Bonchev–Trinajstić information content (AvgIpc) is 2.63. The maximum Gasteiger partial charge on any atom is 0.252 e. The molecule has 0 unspecified atom stereocenters. The Morgan fingerprint density at radius 3 is 3.15 bits per heavy atom. The van der Waals surface area contributed by atoms with Gasteiger partial charge in [0, 0.05) is 25.6 Å². The molecule has 4 heteroatoms. The van der Waals surface area contributed by atoms with Crippen LogP contribution in [-0.4, -0.2) is 22.3 Å². The number of pyridine rings is 1. The fourth-order valence-electron chi connectivity index (χ4n) is 1.20. The van der Waals surface area contributed by atoms with Gasteiger partial charge in [-0.15, -0.1) is 0 Å². The molecule has 0 aromatic carbocycles. The van der Waals surface area contributed by atoms with Crippen LogP contribution < -0.4 is 5.32 Å². The maximum absolute atomic E-state index is 11.2. The van der Waals surface area contributed by atoms with Crippen molar-refractivity contribution >= 4 is 11.6 Å². The molecule has 0 fully saturated rings. The van der Waals surface area contributed by atoms with E-state index < -0.39 is 0 Å². The van der Waals surface area contributed by atoms with E-state index in [-0.39, 0.29) is 5.91 Å². The molecule has 2 aromatic rings. The Labute approximate surface area is 75.2 Å². The number of aromatic nitrogens is 2. The van der Waals surface area contributed by atoms with Gasteiger partial charge in [-0.05, 0) is 12.1 Å². The summed E-state index contributed by atoms with van der Waals surface area (Å²) in [5.74, 6) is -0.0874. The highest BCUT2D eigenvalue weighted by Gasteiger charge is 2.03. The summed E-state index contributed by atoms with van der Waals surface area (Å²) >= 11 is 0. The number of carbonyl (C=O) groups excluding carboxylic acids is 1. The van der Waals surface area contributed by atoms with Crippen LogP contribution in [0, 0.1) is 0 Å². The molecule has 0 bridgehead atoms. The van der Waals surface area contributed by atoms with Crippen LogP contribution in [0.15, 0.2) is 30.7 Å². The third-order valence-corrected chi connectivity index (χ3v) is 1.88. The van der Waals surface area contributed by atoms with Gasteiger partial charge in [0.1, 0.15) is 5.65 Å². The molecule has 0 aliphatic carbocycles. The summed E-state index contributed by atoms with van der Waals surface area (Å²) in [6.45, 7) is 0. The summed E-state index contributed by atoms with van der Waals surface area (Å²) in [4.78, 5) is 15.3. The number of amides is 1. The second-order valence-corrected chi connectivity index (χ2v) is 2.69. The Morgan fingerprint density at radius 1 is 1.54 bits per heavy atom. The van der Waals surface area contributed by atoms with Crippen LogP contribution in [0.4, 0.5) is 0 Å². The van der Waals surface area contributed by atoms with Gasteiger partial charge in [0.05, 0.1) is 5.56 Å². The van der Waals surface area contributed by atoms with Crippen molar-refractivity contribution in [3.63, 3.8) is 0 Å². The lowest BCUT2D eigenvalue weighted by Gasteiger charge is -1.99. The molecule has 2 heterocycles. The van der Waals surface area contributed by atoms with Crippen molar-refractivity contribution in [2.24, 2.45) is 0 Å². The molecule has 1 N–H and O–H groups in total. The third kappa shape index (κ3) is 1.26. The first-order chi connectivity index (χ1) is 6.31. The van der Waals surface area contributed by atoms with Gasteiger partial charge in [-0.25, -0.2) is 4.98 Å². The number of imidazole rings is 1. The first kappa shape index (κ1) is 7.79. The van der Waals surface area contributed by atoms with E-state index in [1.807, 2.05) is 16.7 Å². The summed E-state index contributed by atoms with van der Waals surface area (Å²) in [5, 5.41) is 2.57. The van der Waals surface area contributed by atoms with Gasteiger partial charge >= 0.3 is 0 Å². The molecule has 4 nitrogen and oxygen atoms in total. The van der Waals surface area contributed by atoms with E-state index >= 15 is 0 Å². The van der Waals surface area contributed by atoms with Crippen LogP contribution in [0.5, 0.6) is 0 Å². The highest BCUT2D eigenvalue weighted by Crippen LogP contribution is 2.03. The van der Waals surface area contributed by atoms with Crippen molar-refractivity contribution < 1.29 is 4.79 Å². The molecule has 13 heavy (non-hydrogen) atoms. The predicted octanol–water partition coefficient (Wildman–Crippen LogP) is 0.694. The van der Waals surface area contributed by atoms with Crippen LogP contribution in [0.2, 0.25) is 0 Å². The van der Waals surface area contributed by atoms with E-state index in [2.05, 4.69) is 10.3 Å². The molecule has 0 spiro atoms. The zero-order valence-electron chi connectivity index (χ0n) is 7.19. The maximum atomic E-state index is 11.2. The molecule has 66 valence electrons. The Morgan fingerprint density at radius 2 is 2.38 bits per heavy atom. The average molecular weight is 175 g/mol. The number of hydrogen-bond donors (Lipinski definition) is 1. The van der Waals surface area contributed by atoms with Gasteiger partial charge in [-0.1, -0.05) is 0 Å². The Hall–Kier alpha value is -1.84. The van der Waals surface area contributed by atoms with Gasteiger partial charge in [0.25, 0.3) is 5.91 Å². The minimum absolute atomic E-state index is 0.0874. The van der Waals surface area contributed by atoms with Crippen LogP contribution in [0.3, 0.4) is 0 Å². The van der Waals surface area contributed by atoms with Gasteiger partial charge in [0.15, 0.2) is 0 Å². The van der Waals surface area contributed by atoms with Crippen molar-refractivity contribution in [2.45, 2.75) is 0 Å². The zero-order chi connectivity index (χ0) is 9.26. The fourth-order valence-corrected chi connectivity index (χ4v) is 1.20. The molecule has 0 saturated heterocycles. The SMILES string of the molecule is CNC(=O)c1ccc2nccn2c1. The second-order valence-electron chi connectivity index (χ2n) is 2.69. The summed E-state index contributed by atoms with van der Waals surface area (Å²) in [5.41, 5.74) is 1.47. The number of carbonyl (C=O) groups is 1. The van der Waals surface area contributed by atoms with E-state index in [0.29, 0.717) is 5.56 Å². The van der Waals surface area contributed by atoms with Gasteiger partial charge in [-0.2, -0.15) is 0 Å². The quantitative estimate of drug-likeness (QED) is 0.693. The Balaban J connectivity index is 2.54. The number of nitrogens with zero attached hydrogens (tertiary/aromatic N) is 2. The Kier molecular flexibility index (Phi) is 1.73. The van der Waals surface area contributed by atoms with Crippen LogP contribution >= 0.6 is 0 Å². The monoisotopic (exact) mass is 175 g/mol. The molecule has 0 atom stereocenters. The van der Waals surface area contributed by atoms with E-state index in [4.69, 9.17) is 0 Å². The van der Waals surface area contributed by atoms with Crippen molar-refractivity contribution in [1.82, 2.24) is 14.7 Å². The molecular formula is C9H9N3O. The van der Waals surface area contributed by atoms with Crippen molar-refractivity contribution in [2.75, 3.05) is 7.05 Å². The first-order valence-electron chi connectivity index (χ1n) is 3.96. The number of hydrogen-bond acceptors (Lipinski definition) is 2. The number of nitrogens with one attached hydrogen (secondary N) is 1. The van der Waals surface area contributed by atoms with Crippen molar-refractivity contribution in [3.8, 4) is 0 Å². The number of rotatable bonds is 1.